The fourth-order valence-electron chi connectivity index (χ4n) is 2.72. The molecule has 0 saturated heterocycles. The topological polar surface area (TPSA) is 71.2 Å². The molecule has 1 aromatic heterocycles. The first kappa shape index (κ1) is 16.6. The van der Waals surface area contributed by atoms with Gasteiger partial charge >= 0.3 is 0 Å². The number of para-hydroxylation sites is 1. The molecule has 6 heteroatoms. The van der Waals surface area contributed by atoms with Crippen molar-refractivity contribution in [3.63, 3.8) is 0 Å². The van der Waals surface area contributed by atoms with Crippen LogP contribution in [0.3, 0.4) is 0 Å². The number of carbonyl (C=O) groups is 1. The standard InChI is InChI=1S/C18H24N4O2/c1-12(2)21(11-13(3)23)18(24)16-19-17(14-9-10-14)22(20-16)15-7-5-4-6-8-15/h4-8,12-14,23H,9-11H2,1-3H3. The molecule has 6 nitrogen and oxygen atoms in total. The number of carbonyl (C=O) groups excluding carboxylic acids is 1. The molecule has 1 amide bonds. The minimum absolute atomic E-state index is 0.0276. The van der Waals surface area contributed by atoms with E-state index in [1.807, 2.05) is 44.2 Å². The fraction of sp³-hybridized carbons (Fsp3) is 0.500. The van der Waals surface area contributed by atoms with Gasteiger partial charge in [0, 0.05) is 18.5 Å². The van der Waals surface area contributed by atoms with Crippen LogP contribution in [0.15, 0.2) is 30.3 Å². The van der Waals surface area contributed by atoms with Crippen LogP contribution in [0.4, 0.5) is 0 Å². The highest BCUT2D eigenvalue weighted by molar-refractivity contribution is 5.90. The van der Waals surface area contributed by atoms with Crippen molar-refractivity contribution >= 4 is 5.91 Å². The molecule has 0 aliphatic heterocycles. The number of aliphatic hydroxyl groups excluding tert-OH is 1. The smallest absolute Gasteiger partial charge is 0.293 e. The third-order valence-corrected chi connectivity index (χ3v) is 4.11. The molecule has 1 N–H and O–H groups in total. The second kappa shape index (κ2) is 6.73. The SMILES string of the molecule is CC(O)CN(C(=O)c1nc(C2CC2)n(-c2ccccc2)n1)C(C)C. The summed E-state index contributed by atoms with van der Waals surface area (Å²) >= 11 is 0. The van der Waals surface area contributed by atoms with E-state index in [-0.39, 0.29) is 24.3 Å². The van der Waals surface area contributed by atoms with Crippen molar-refractivity contribution in [2.45, 2.75) is 51.7 Å². The number of nitrogens with zero attached hydrogens (tertiary/aromatic N) is 4. The largest absolute Gasteiger partial charge is 0.392 e. The number of benzene rings is 1. The van der Waals surface area contributed by atoms with E-state index in [1.165, 1.54) is 0 Å². The summed E-state index contributed by atoms with van der Waals surface area (Å²) in [5.41, 5.74) is 0.914. The maximum Gasteiger partial charge on any atom is 0.293 e. The quantitative estimate of drug-likeness (QED) is 0.884. The Hall–Kier alpha value is -2.21. The summed E-state index contributed by atoms with van der Waals surface area (Å²) in [7, 11) is 0. The van der Waals surface area contributed by atoms with Gasteiger partial charge in [0.15, 0.2) is 0 Å². The molecule has 1 atom stereocenters. The van der Waals surface area contributed by atoms with Crippen LogP contribution in [0, 0.1) is 0 Å². The molecule has 1 unspecified atom stereocenters. The molecule has 24 heavy (non-hydrogen) atoms. The zero-order valence-corrected chi connectivity index (χ0v) is 14.4. The Labute approximate surface area is 142 Å². The molecule has 1 aliphatic carbocycles. The van der Waals surface area contributed by atoms with Crippen LogP contribution in [0.25, 0.3) is 5.69 Å². The van der Waals surface area contributed by atoms with Crippen molar-refractivity contribution in [2.75, 3.05) is 6.54 Å². The second-order valence-corrected chi connectivity index (χ2v) is 6.72. The van der Waals surface area contributed by atoms with Gasteiger partial charge in [-0.1, -0.05) is 18.2 Å². The lowest BCUT2D eigenvalue weighted by atomic mass is 10.2. The normalized spacial score (nSPS) is 15.5. The Bertz CT molecular complexity index is 705. The van der Waals surface area contributed by atoms with E-state index >= 15 is 0 Å². The van der Waals surface area contributed by atoms with Crippen LogP contribution in [-0.2, 0) is 0 Å². The second-order valence-electron chi connectivity index (χ2n) is 6.72. The molecule has 128 valence electrons. The fourth-order valence-corrected chi connectivity index (χ4v) is 2.72. The molecule has 1 saturated carbocycles. The average Bonchev–Trinajstić information content (AvgIpc) is 3.31. The number of hydrogen-bond donors (Lipinski definition) is 1. The molecular formula is C18H24N4O2. The summed E-state index contributed by atoms with van der Waals surface area (Å²) < 4.78 is 1.78. The first-order valence-electron chi connectivity index (χ1n) is 8.48. The molecule has 1 aromatic carbocycles. The maximum absolute atomic E-state index is 12.8. The van der Waals surface area contributed by atoms with Crippen LogP contribution < -0.4 is 0 Å². The first-order chi connectivity index (χ1) is 11.5. The minimum atomic E-state index is -0.588. The van der Waals surface area contributed by atoms with Crippen LogP contribution in [0.2, 0.25) is 0 Å². The van der Waals surface area contributed by atoms with Gasteiger partial charge in [0.25, 0.3) is 5.91 Å². The molecule has 3 rings (SSSR count). The van der Waals surface area contributed by atoms with Crippen molar-refractivity contribution in [3.05, 3.63) is 42.0 Å². The van der Waals surface area contributed by atoms with E-state index < -0.39 is 6.10 Å². The molecular weight excluding hydrogens is 304 g/mol. The minimum Gasteiger partial charge on any atom is -0.392 e. The molecule has 0 radical (unpaired) electrons. The average molecular weight is 328 g/mol. The Balaban J connectivity index is 1.95. The van der Waals surface area contributed by atoms with Crippen molar-refractivity contribution in [2.24, 2.45) is 0 Å². The summed E-state index contributed by atoms with van der Waals surface area (Å²) in [6, 6.07) is 9.74. The van der Waals surface area contributed by atoms with Crippen molar-refractivity contribution in [1.82, 2.24) is 19.7 Å². The van der Waals surface area contributed by atoms with E-state index in [1.54, 1.807) is 16.5 Å². The van der Waals surface area contributed by atoms with Crippen LogP contribution in [-0.4, -0.2) is 49.4 Å². The van der Waals surface area contributed by atoms with Gasteiger partial charge in [-0.25, -0.2) is 9.67 Å². The Morgan fingerprint density at radius 2 is 1.96 bits per heavy atom. The number of aromatic nitrogens is 3. The van der Waals surface area contributed by atoms with Gasteiger partial charge < -0.3 is 10.0 Å². The Morgan fingerprint density at radius 3 is 2.50 bits per heavy atom. The summed E-state index contributed by atoms with van der Waals surface area (Å²) in [6.07, 6.45) is 1.58. The van der Waals surface area contributed by atoms with Crippen LogP contribution in [0.1, 0.15) is 56.0 Å². The van der Waals surface area contributed by atoms with Gasteiger partial charge in [-0.2, -0.15) is 0 Å². The van der Waals surface area contributed by atoms with Gasteiger partial charge in [-0.05, 0) is 45.7 Å². The predicted molar refractivity (Wildman–Crippen MR) is 91.2 cm³/mol. The van der Waals surface area contributed by atoms with E-state index in [9.17, 15) is 9.90 Å². The summed E-state index contributed by atoms with van der Waals surface area (Å²) in [4.78, 5) is 19.0. The van der Waals surface area contributed by atoms with Gasteiger partial charge in [0.1, 0.15) is 5.82 Å². The van der Waals surface area contributed by atoms with E-state index in [0.717, 1.165) is 24.4 Å². The maximum atomic E-state index is 12.8. The van der Waals surface area contributed by atoms with Crippen molar-refractivity contribution in [1.29, 1.82) is 0 Å². The lowest BCUT2D eigenvalue weighted by molar-refractivity contribution is 0.0567. The molecule has 1 fully saturated rings. The summed E-state index contributed by atoms with van der Waals surface area (Å²) in [5.74, 6) is 1.20. The van der Waals surface area contributed by atoms with Gasteiger partial charge in [0.2, 0.25) is 5.82 Å². The van der Waals surface area contributed by atoms with Gasteiger partial charge in [-0.15, -0.1) is 5.10 Å². The number of rotatable bonds is 6. The van der Waals surface area contributed by atoms with Crippen molar-refractivity contribution in [3.8, 4) is 5.69 Å². The number of hydrogen-bond acceptors (Lipinski definition) is 4. The predicted octanol–water partition coefficient (Wildman–Crippen LogP) is 2.38. The summed E-state index contributed by atoms with van der Waals surface area (Å²) in [6.45, 7) is 5.80. The highest BCUT2D eigenvalue weighted by atomic mass is 16.3. The molecule has 0 spiro atoms. The zero-order chi connectivity index (χ0) is 17.3. The molecule has 2 aromatic rings. The molecule has 0 bridgehead atoms. The highest BCUT2D eigenvalue weighted by Gasteiger charge is 2.33. The highest BCUT2D eigenvalue weighted by Crippen LogP contribution is 2.39. The molecule has 1 heterocycles. The monoisotopic (exact) mass is 328 g/mol. The van der Waals surface area contributed by atoms with Crippen LogP contribution in [0.5, 0.6) is 0 Å². The third kappa shape index (κ3) is 3.48. The van der Waals surface area contributed by atoms with Crippen molar-refractivity contribution < 1.29 is 9.90 Å². The number of amides is 1. The van der Waals surface area contributed by atoms with E-state index in [2.05, 4.69) is 10.1 Å². The number of aliphatic hydroxyl groups is 1. The molecule has 1 aliphatic rings. The Kier molecular flexibility index (Phi) is 4.66. The van der Waals surface area contributed by atoms with Crippen LogP contribution >= 0.6 is 0 Å². The third-order valence-electron chi connectivity index (χ3n) is 4.11. The van der Waals surface area contributed by atoms with E-state index in [4.69, 9.17) is 0 Å². The Morgan fingerprint density at radius 1 is 1.29 bits per heavy atom. The van der Waals surface area contributed by atoms with Gasteiger partial charge in [0.05, 0.1) is 11.8 Å². The zero-order valence-electron chi connectivity index (χ0n) is 14.4. The first-order valence-corrected chi connectivity index (χ1v) is 8.48. The lowest BCUT2D eigenvalue weighted by Gasteiger charge is -2.26. The lowest BCUT2D eigenvalue weighted by Crippen LogP contribution is -2.41. The summed E-state index contributed by atoms with van der Waals surface area (Å²) in [5, 5.41) is 14.1. The van der Waals surface area contributed by atoms with Gasteiger partial charge in [-0.3, -0.25) is 4.79 Å². The van der Waals surface area contributed by atoms with E-state index in [0.29, 0.717) is 5.92 Å².